The van der Waals surface area contributed by atoms with Crippen LogP contribution >= 0.6 is 0 Å². The van der Waals surface area contributed by atoms with Crippen molar-refractivity contribution < 1.29 is 38.2 Å². The number of halogens is 2. The summed E-state index contributed by atoms with van der Waals surface area (Å²) < 4.78 is 28.4. The molecule has 0 aliphatic rings. The predicted octanol–water partition coefficient (Wildman–Crippen LogP) is 1.13. The van der Waals surface area contributed by atoms with E-state index in [0.717, 1.165) is 6.07 Å². The summed E-state index contributed by atoms with van der Waals surface area (Å²) in [6.07, 6.45) is -2.32. The second-order valence-electron chi connectivity index (χ2n) is 3.41. The first-order valence-corrected chi connectivity index (χ1v) is 4.91. The maximum absolute atomic E-state index is 12.2. The zero-order valence-corrected chi connectivity index (χ0v) is 9.53. The SMILES string of the molecule is O=Cc1c(C(O)C(=O)O)ccc([N+](=O)[O-])c1OC(F)F. The molecular formula is C10H7F2NO7. The molecule has 1 rings (SSSR count). The van der Waals surface area contributed by atoms with Crippen molar-refractivity contribution in [1.29, 1.82) is 0 Å². The summed E-state index contributed by atoms with van der Waals surface area (Å²) in [6.45, 7) is -3.47. The van der Waals surface area contributed by atoms with Gasteiger partial charge in [-0.05, 0) is 6.07 Å². The van der Waals surface area contributed by atoms with Crippen LogP contribution in [0, 0.1) is 10.1 Å². The van der Waals surface area contributed by atoms with Gasteiger partial charge in [0.15, 0.2) is 12.4 Å². The molecule has 1 aromatic carbocycles. The zero-order valence-electron chi connectivity index (χ0n) is 9.53. The van der Waals surface area contributed by atoms with Gasteiger partial charge in [0.25, 0.3) is 0 Å². The molecule has 108 valence electrons. The molecule has 0 aromatic heterocycles. The highest BCUT2D eigenvalue weighted by atomic mass is 19.3. The number of hydrogen-bond donors (Lipinski definition) is 2. The monoisotopic (exact) mass is 291 g/mol. The van der Waals surface area contributed by atoms with Crippen LogP contribution in [0.2, 0.25) is 0 Å². The molecule has 0 fully saturated rings. The average Bonchev–Trinajstić information content (AvgIpc) is 2.36. The van der Waals surface area contributed by atoms with E-state index in [4.69, 9.17) is 5.11 Å². The number of carboxylic acids is 1. The second kappa shape index (κ2) is 6.02. The Balaban J connectivity index is 3.55. The Kier molecular flexibility index (Phi) is 4.64. The summed E-state index contributed by atoms with van der Waals surface area (Å²) in [5, 5.41) is 28.6. The first-order valence-electron chi connectivity index (χ1n) is 4.91. The number of aldehydes is 1. The molecule has 0 heterocycles. The number of carboxylic acid groups (broad SMARTS) is 1. The number of carbonyl (C=O) groups excluding carboxylic acids is 1. The minimum atomic E-state index is -3.47. The van der Waals surface area contributed by atoms with E-state index < -0.39 is 46.2 Å². The molecule has 20 heavy (non-hydrogen) atoms. The summed E-state index contributed by atoms with van der Waals surface area (Å²) in [5.41, 5.74) is -2.36. The molecule has 0 spiro atoms. The summed E-state index contributed by atoms with van der Waals surface area (Å²) in [7, 11) is 0. The van der Waals surface area contributed by atoms with Crippen LogP contribution < -0.4 is 4.74 Å². The summed E-state index contributed by atoms with van der Waals surface area (Å²) >= 11 is 0. The maximum Gasteiger partial charge on any atom is 0.387 e. The Morgan fingerprint density at radius 2 is 2.05 bits per heavy atom. The number of aliphatic carboxylic acids is 1. The fourth-order valence-corrected chi connectivity index (χ4v) is 1.45. The molecule has 2 N–H and O–H groups in total. The average molecular weight is 291 g/mol. The highest BCUT2D eigenvalue weighted by molar-refractivity contribution is 5.88. The zero-order chi connectivity index (χ0) is 15.4. The van der Waals surface area contributed by atoms with Crippen LogP contribution in [0.3, 0.4) is 0 Å². The van der Waals surface area contributed by atoms with Crippen LogP contribution in [0.15, 0.2) is 12.1 Å². The number of hydrogen-bond acceptors (Lipinski definition) is 6. The van der Waals surface area contributed by atoms with Crippen LogP contribution in [-0.2, 0) is 4.79 Å². The molecule has 0 saturated heterocycles. The van der Waals surface area contributed by atoms with Gasteiger partial charge >= 0.3 is 18.3 Å². The summed E-state index contributed by atoms with van der Waals surface area (Å²) in [6, 6.07) is 1.44. The molecule has 8 nitrogen and oxygen atoms in total. The van der Waals surface area contributed by atoms with E-state index in [2.05, 4.69) is 4.74 Å². The Morgan fingerprint density at radius 1 is 1.45 bits per heavy atom. The molecule has 1 unspecified atom stereocenters. The van der Waals surface area contributed by atoms with Crippen molar-refractivity contribution in [3.8, 4) is 5.75 Å². The van der Waals surface area contributed by atoms with Gasteiger partial charge in [0.2, 0.25) is 5.75 Å². The third-order valence-electron chi connectivity index (χ3n) is 2.26. The number of carbonyl (C=O) groups is 2. The van der Waals surface area contributed by atoms with Crippen molar-refractivity contribution >= 4 is 17.9 Å². The molecule has 0 amide bonds. The number of ether oxygens (including phenoxy) is 1. The Hall–Kier alpha value is -2.62. The van der Waals surface area contributed by atoms with Crippen molar-refractivity contribution in [1.82, 2.24) is 0 Å². The molecule has 0 radical (unpaired) electrons. The first kappa shape index (κ1) is 15.4. The Labute approximate surface area is 109 Å². The number of aliphatic hydroxyl groups excluding tert-OH is 1. The minimum Gasteiger partial charge on any atom is -0.479 e. The predicted molar refractivity (Wildman–Crippen MR) is 57.7 cm³/mol. The van der Waals surface area contributed by atoms with Gasteiger partial charge in [0.1, 0.15) is 0 Å². The van der Waals surface area contributed by atoms with Crippen LogP contribution in [0.5, 0.6) is 5.75 Å². The van der Waals surface area contributed by atoms with E-state index in [9.17, 15) is 33.6 Å². The lowest BCUT2D eigenvalue weighted by Crippen LogP contribution is -2.15. The third kappa shape index (κ3) is 3.03. The topological polar surface area (TPSA) is 127 Å². The van der Waals surface area contributed by atoms with E-state index >= 15 is 0 Å². The molecule has 1 aromatic rings. The quantitative estimate of drug-likeness (QED) is 0.456. The number of alkyl halides is 2. The Morgan fingerprint density at radius 3 is 2.45 bits per heavy atom. The van der Waals surface area contributed by atoms with Crippen LogP contribution in [-0.4, -0.2) is 34.0 Å². The fourth-order valence-electron chi connectivity index (χ4n) is 1.45. The van der Waals surface area contributed by atoms with Crippen molar-refractivity contribution in [2.24, 2.45) is 0 Å². The van der Waals surface area contributed by atoms with Gasteiger partial charge in [-0.2, -0.15) is 8.78 Å². The highest BCUT2D eigenvalue weighted by Crippen LogP contribution is 2.35. The van der Waals surface area contributed by atoms with Crippen molar-refractivity contribution in [2.75, 3.05) is 0 Å². The first-order chi connectivity index (χ1) is 9.29. The number of nitro groups is 1. The second-order valence-corrected chi connectivity index (χ2v) is 3.41. The number of nitro benzene ring substituents is 1. The van der Waals surface area contributed by atoms with Crippen LogP contribution in [0.4, 0.5) is 14.5 Å². The summed E-state index contributed by atoms with van der Waals surface area (Å²) in [5.74, 6) is -2.86. The van der Waals surface area contributed by atoms with Gasteiger partial charge < -0.3 is 14.9 Å². The van der Waals surface area contributed by atoms with Crippen molar-refractivity contribution in [3.05, 3.63) is 33.4 Å². The van der Waals surface area contributed by atoms with E-state index in [1.165, 1.54) is 0 Å². The number of aliphatic hydroxyl groups is 1. The van der Waals surface area contributed by atoms with Crippen molar-refractivity contribution in [3.63, 3.8) is 0 Å². The van der Waals surface area contributed by atoms with Gasteiger partial charge in [-0.15, -0.1) is 0 Å². The van der Waals surface area contributed by atoms with Crippen LogP contribution in [0.25, 0.3) is 0 Å². The van der Waals surface area contributed by atoms with Crippen LogP contribution in [0.1, 0.15) is 22.0 Å². The van der Waals surface area contributed by atoms with Gasteiger partial charge in [-0.3, -0.25) is 14.9 Å². The molecule has 1 atom stereocenters. The lowest BCUT2D eigenvalue weighted by Gasteiger charge is -2.13. The van der Waals surface area contributed by atoms with E-state index in [1.54, 1.807) is 0 Å². The van der Waals surface area contributed by atoms with Gasteiger partial charge in [-0.1, -0.05) is 0 Å². The number of rotatable bonds is 6. The maximum atomic E-state index is 12.2. The smallest absolute Gasteiger partial charge is 0.387 e. The molecule has 10 heteroatoms. The lowest BCUT2D eigenvalue weighted by atomic mass is 10.0. The minimum absolute atomic E-state index is 0.105. The van der Waals surface area contributed by atoms with Gasteiger partial charge in [0.05, 0.1) is 10.5 Å². The van der Waals surface area contributed by atoms with Gasteiger partial charge in [0, 0.05) is 11.6 Å². The molecular weight excluding hydrogens is 284 g/mol. The standard InChI is InChI=1S/C10H7F2NO7/c11-10(12)20-8-5(3-14)4(7(15)9(16)17)1-2-6(8)13(18)19/h1-3,7,10,15H,(H,16,17). The molecule has 0 aliphatic carbocycles. The number of benzene rings is 1. The fraction of sp³-hybridized carbons (Fsp3) is 0.200. The lowest BCUT2D eigenvalue weighted by molar-refractivity contribution is -0.386. The normalized spacial score (nSPS) is 12.0. The van der Waals surface area contributed by atoms with E-state index in [1.807, 2.05) is 0 Å². The third-order valence-corrected chi connectivity index (χ3v) is 2.26. The van der Waals surface area contributed by atoms with E-state index in [-0.39, 0.29) is 6.29 Å². The molecule has 0 bridgehead atoms. The largest absolute Gasteiger partial charge is 0.479 e. The Bertz CT molecular complexity index is 561. The van der Waals surface area contributed by atoms with Crippen molar-refractivity contribution in [2.45, 2.75) is 12.7 Å². The van der Waals surface area contributed by atoms with E-state index in [0.29, 0.717) is 6.07 Å². The number of nitrogens with zero attached hydrogens (tertiary/aromatic N) is 1. The molecule has 0 aliphatic heterocycles. The highest BCUT2D eigenvalue weighted by Gasteiger charge is 2.29. The van der Waals surface area contributed by atoms with Gasteiger partial charge in [-0.25, -0.2) is 4.79 Å². The molecule has 0 saturated carbocycles. The summed E-state index contributed by atoms with van der Waals surface area (Å²) in [4.78, 5) is 31.1.